The Hall–Kier alpha value is -0.910. The van der Waals surface area contributed by atoms with Gasteiger partial charge in [-0.2, -0.15) is 24.9 Å². The molecule has 0 saturated carbocycles. The van der Waals surface area contributed by atoms with Gasteiger partial charge in [0.05, 0.1) is 5.56 Å². The first-order valence-corrected chi connectivity index (χ1v) is 7.17. The summed E-state index contributed by atoms with van der Waals surface area (Å²) in [6.07, 6.45) is -2.69. The summed E-state index contributed by atoms with van der Waals surface area (Å²) in [6, 6.07) is 3.20. The molecule has 1 aliphatic heterocycles. The first kappa shape index (κ1) is 14.5. The normalized spacial score (nSPS) is 24.3. The van der Waals surface area contributed by atoms with Crippen molar-refractivity contribution in [1.82, 2.24) is 0 Å². The molecule has 0 aliphatic carbocycles. The number of halogens is 4. The molecule has 1 fully saturated rings. The maximum absolute atomic E-state index is 13.2. The molecule has 1 aromatic rings. The summed E-state index contributed by atoms with van der Waals surface area (Å²) in [5.74, 6) is -0.152. The molecule has 0 aromatic heterocycles. The van der Waals surface area contributed by atoms with Gasteiger partial charge in [0.25, 0.3) is 0 Å². The second kappa shape index (κ2) is 5.61. The van der Waals surface area contributed by atoms with E-state index in [0.29, 0.717) is 10.9 Å². The number of rotatable bonds is 2. The van der Waals surface area contributed by atoms with Crippen molar-refractivity contribution in [2.45, 2.75) is 37.2 Å². The minimum atomic E-state index is -4.66. The maximum atomic E-state index is 13.2. The van der Waals surface area contributed by atoms with Crippen molar-refractivity contribution in [3.63, 3.8) is 0 Å². The Bertz CT molecular complexity index is 447. The Kier molecular flexibility index (Phi) is 4.28. The number of thioether (sulfide) groups is 1. The van der Waals surface area contributed by atoms with Crippen molar-refractivity contribution in [3.8, 4) is 0 Å². The van der Waals surface area contributed by atoms with Gasteiger partial charge in [0.1, 0.15) is 5.82 Å². The van der Waals surface area contributed by atoms with Crippen molar-refractivity contribution in [3.05, 3.63) is 29.6 Å². The molecule has 1 saturated heterocycles. The Morgan fingerprint density at radius 2 is 2.05 bits per heavy atom. The molecular weight excluding hydrogens is 278 g/mol. The molecule has 2 unspecified atom stereocenters. The van der Waals surface area contributed by atoms with Gasteiger partial charge in [0.15, 0.2) is 0 Å². The third kappa shape index (κ3) is 3.55. The fraction of sp³-hybridized carbons (Fsp3) is 0.538. The van der Waals surface area contributed by atoms with Crippen molar-refractivity contribution < 1.29 is 17.6 Å². The zero-order valence-corrected chi connectivity index (χ0v) is 11.2. The van der Waals surface area contributed by atoms with Crippen LogP contribution in [0.15, 0.2) is 18.2 Å². The van der Waals surface area contributed by atoms with Crippen molar-refractivity contribution >= 4 is 17.4 Å². The summed E-state index contributed by atoms with van der Waals surface area (Å²) in [5.41, 5.74) is -0.887. The van der Waals surface area contributed by atoms with Gasteiger partial charge < -0.3 is 5.32 Å². The second-order valence-corrected chi connectivity index (χ2v) is 6.15. The first-order chi connectivity index (χ1) is 8.88. The summed E-state index contributed by atoms with van der Waals surface area (Å²) in [5, 5.41) is 3.42. The summed E-state index contributed by atoms with van der Waals surface area (Å²) in [7, 11) is 0. The van der Waals surface area contributed by atoms with E-state index >= 15 is 0 Å². The summed E-state index contributed by atoms with van der Waals surface area (Å²) < 4.78 is 51.0. The van der Waals surface area contributed by atoms with Crippen molar-refractivity contribution in [2.75, 3.05) is 11.1 Å². The maximum Gasteiger partial charge on any atom is 0.419 e. The quantitative estimate of drug-likeness (QED) is 0.803. The largest absolute Gasteiger partial charge is 0.419 e. The smallest absolute Gasteiger partial charge is 0.381 e. The summed E-state index contributed by atoms with van der Waals surface area (Å²) in [6.45, 7) is 2.05. The van der Waals surface area contributed by atoms with Gasteiger partial charge in [-0.05, 0) is 36.8 Å². The van der Waals surface area contributed by atoms with E-state index in [2.05, 4.69) is 12.2 Å². The van der Waals surface area contributed by atoms with Crippen LogP contribution in [0.4, 0.5) is 23.2 Å². The predicted molar refractivity (Wildman–Crippen MR) is 70.0 cm³/mol. The molecule has 1 aliphatic rings. The number of hydrogen-bond acceptors (Lipinski definition) is 2. The standard InChI is InChI=1S/C13H15F4NS/c1-8-12(3-2-6-19-8)18-9-4-5-11(14)10(7-9)13(15,16)17/h4-5,7-8,12,18H,2-3,6H2,1H3. The SMILES string of the molecule is CC1SCCCC1Nc1ccc(F)c(C(F)(F)F)c1. The van der Waals surface area contributed by atoms with Crippen LogP contribution in [0, 0.1) is 5.82 Å². The van der Waals surface area contributed by atoms with Gasteiger partial charge in [0, 0.05) is 17.0 Å². The molecule has 0 amide bonds. The van der Waals surface area contributed by atoms with Crippen molar-refractivity contribution in [1.29, 1.82) is 0 Å². The lowest BCUT2D eigenvalue weighted by atomic mass is 10.1. The van der Waals surface area contributed by atoms with Gasteiger partial charge in [-0.3, -0.25) is 0 Å². The van der Waals surface area contributed by atoms with Crippen LogP contribution in [0.3, 0.4) is 0 Å². The van der Waals surface area contributed by atoms with E-state index in [0.717, 1.165) is 30.7 Å². The highest BCUT2D eigenvalue weighted by atomic mass is 32.2. The van der Waals surface area contributed by atoms with E-state index in [1.165, 1.54) is 6.07 Å². The minimum Gasteiger partial charge on any atom is -0.381 e. The van der Waals surface area contributed by atoms with Crippen LogP contribution in [0.2, 0.25) is 0 Å². The number of nitrogens with one attached hydrogen (secondary N) is 1. The van der Waals surface area contributed by atoms with Gasteiger partial charge in [-0.1, -0.05) is 6.92 Å². The lowest BCUT2D eigenvalue weighted by Gasteiger charge is -2.30. The molecule has 0 radical (unpaired) electrons. The molecule has 106 valence electrons. The molecule has 1 heterocycles. The summed E-state index contributed by atoms with van der Waals surface area (Å²) in [4.78, 5) is 0. The number of alkyl halides is 3. The third-order valence-corrected chi connectivity index (χ3v) is 4.61. The van der Waals surface area contributed by atoms with E-state index in [1.54, 1.807) is 11.8 Å². The molecule has 1 N–H and O–H groups in total. The van der Waals surface area contributed by atoms with Crippen LogP contribution in [-0.2, 0) is 6.18 Å². The Morgan fingerprint density at radius 3 is 2.68 bits per heavy atom. The molecule has 0 spiro atoms. The monoisotopic (exact) mass is 293 g/mol. The van der Waals surface area contributed by atoms with E-state index in [1.807, 2.05) is 0 Å². The van der Waals surface area contributed by atoms with E-state index in [-0.39, 0.29) is 6.04 Å². The van der Waals surface area contributed by atoms with Crippen LogP contribution in [0.1, 0.15) is 25.3 Å². The Morgan fingerprint density at radius 1 is 1.32 bits per heavy atom. The highest BCUT2D eigenvalue weighted by molar-refractivity contribution is 8.00. The number of anilines is 1. The Labute approximate surface area is 113 Å². The molecule has 0 bridgehead atoms. The molecule has 2 rings (SSSR count). The van der Waals surface area contributed by atoms with Crippen LogP contribution < -0.4 is 5.32 Å². The second-order valence-electron chi connectivity index (χ2n) is 4.66. The van der Waals surface area contributed by atoms with Gasteiger partial charge in [-0.15, -0.1) is 0 Å². The lowest BCUT2D eigenvalue weighted by molar-refractivity contribution is -0.139. The summed E-state index contributed by atoms with van der Waals surface area (Å²) >= 11 is 1.80. The van der Waals surface area contributed by atoms with Gasteiger partial charge in [-0.25, -0.2) is 4.39 Å². The molecule has 6 heteroatoms. The molecule has 19 heavy (non-hydrogen) atoms. The van der Waals surface area contributed by atoms with Gasteiger partial charge in [0.2, 0.25) is 0 Å². The fourth-order valence-corrected chi connectivity index (χ4v) is 3.30. The Balaban J connectivity index is 2.17. The minimum absolute atomic E-state index is 0.130. The molecular formula is C13H15F4NS. The first-order valence-electron chi connectivity index (χ1n) is 6.13. The highest BCUT2D eigenvalue weighted by Gasteiger charge is 2.34. The van der Waals surface area contributed by atoms with E-state index in [4.69, 9.17) is 0 Å². The molecule has 1 nitrogen and oxygen atoms in total. The van der Waals surface area contributed by atoms with Gasteiger partial charge >= 0.3 is 6.18 Å². The topological polar surface area (TPSA) is 12.0 Å². The van der Waals surface area contributed by atoms with Crippen LogP contribution in [0.25, 0.3) is 0 Å². The lowest BCUT2D eigenvalue weighted by Crippen LogP contribution is -2.32. The van der Waals surface area contributed by atoms with E-state index in [9.17, 15) is 17.6 Å². The zero-order valence-electron chi connectivity index (χ0n) is 10.4. The average molecular weight is 293 g/mol. The molecule has 2 atom stereocenters. The number of benzene rings is 1. The highest BCUT2D eigenvalue weighted by Crippen LogP contribution is 2.34. The molecule has 1 aromatic carbocycles. The number of hydrogen-bond donors (Lipinski definition) is 1. The van der Waals surface area contributed by atoms with Crippen LogP contribution in [0.5, 0.6) is 0 Å². The predicted octanol–water partition coefficient (Wildman–Crippen LogP) is 4.54. The van der Waals surface area contributed by atoms with Crippen LogP contribution >= 0.6 is 11.8 Å². The zero-order chi connectivity index (χ0) is 14.0. The van der Waals surface area contributed by atoms with Crippen molar-refractivity contribution in [2.24, 2.45) is 0 Å². The average Bonchev–Trinajstić information content (AvgIpc) is 2.33. The fourth-order valence-electron chi connectivity index (χ4n) is 2.16. The third-order valence-electron chi connectivity index (χ3n) is 3.23. The van der Waals surface area contributed by atoms with Crippen LogP contribution in [-0.4, -0.2) is 17.0 Å². The van der Waals surface area contributed by atoms with E-state index < -0.39 is 17.6 Å².